The van der Waals surface area contributed by atoms with Crippen molar-refractivity contribution in [2.24, 2.45) is 0 Å². The van der Waals surface area contributed by atoms with Gasteiger partial charge in [0.1, 0.15) is 0 Å². The third-order valence-electron chi connectivity index (χ3n) is 27.0. The van der Waals surface area contributed by atoms with Gasteiger partial charge in [0.25, 0.3) is 6.71 Å². The van der Waals surface area contributed by atoms with E-state index in [2.05, 4.69) is 403 Å². The van der Waals surface area contributed by atoms with Crippen molar-refractivity contribution in [1.82, 2.24) is 9.13 Å². The van der Waals surface area contributed by atoms with E-state index in [1.807, 2.05) is 6.07 Å². The second-order valence-corrected chi connectivity index (χ2v) is 39.4. The lowest BCUT2D eigenvalue weighted by atomic mass is 9.33. The van der Waals surface area contributed by atoms with Crippen LogP contribution in [0.2, 0.25) is 0 Å². The normalized spacial score (nSPS) is 14.8. The number of para-hydroxylation sites is 5. The molecular weight excluding hydrogens is 1470 g/mol. The number of nitrogens with zero attached hydrogens (tertiary/aromatic N) is 4. The van der Waals surface area contributed by atoms with Gasteiger partial charge in [-0.3, -0.25) is 0 Å². The van der Waals surface area contributed by atoms with Crippen molar-refractivity contribution < 1.29 is 11.0 Å². The zero-order valence-corrected chi connectivity index (χ0v) is 72.1. The molecule has 2 aliphatic carbocycles. The fraction of sp³-hybridized carbons (Fsp3) is 0.179. The predicted molar refractivity (Wildman–Crippen MR) is 521 cm³/mol. The fourth-order valence-electron chi connectivity index (χ4n) is 20.8. The fourth-order valence-corrected chi connectivity index (χ4v) is 20.8. The molecule has 592 valence electrons. The molecule has 2 aliphatic heterocycles. The number of benzene rings is 16. The Morgan fingerprint density at radius 2 is 0.598 bits per heavy atom. The highest BCUT2D eigenvalue weighted by Crippen LogP contribution is 2.64. The Morgan fingerprint density at radius 1 is 0.254 bits per heavy atom. The maximum Gasteiger partial charge on any atom is 0.252 e. The van der Waals surface area contributed by atoms with Crippen LogP contribution >= 0.6 is 0 Å². The van der Waals surface area contributed by atoms with E-state index in [1.54, 1.807) is 4.57 Å². The molecule has 0 unspecified atom stereocenters. The van der Waals surface area contributed by atoms with Crippen LogP contribution in [0.5, 0.6) is 0 Å². The Kier molecular flexibility index (Phi) is 14.7. The number of aromatic nitrogens is 2. The second-order valence-electron chi connectivity index (χ2n) is 39.4. The summed E-state index contributed by atoms with van der Waals surface area (Å²) in [5.41, 5.74) is 34.4. The zero-order valence-electron chi connectivity index (χ0n) is 80.1. The summed E-state index contributed by atoms with van der Waals surface area (Å²) in [5, 5.41) is 2.30. The largest absolute Gasteiger partial charge is 0.310 e. The minimum absolute atomic E-state index is 0.0101. The molecule has 16 aromatic carbocycles. The van der Waals surface area contributed by atoms with Crippen LogP contribution in [0, 0.1) is 0 Å². The van der Waals surface area contributed by atoms with Crippen LogP contribution in [-0.4, -0.2) is 15.8 Å². The van der Waals surface area contributed by atoms with Crippen molar-refractivity contribution in [2.45, 2.75) is 136 Å². The van der Waals surface area contributed by atoms with Gasteiger partial charge in [-0.2, -0.15) is 0 Å². The minimum Gasteiger partial charge on any atom is -0.310 e. The van der Waals surface area contributed by atoms with Gasteiger partial charge in [-0.05, 0) is 205 Å². The third kappa shape index (κ3) is 11.3. The molecule has 0 radical (unpaired) electrons. The summed E-state index contributed by atoms with van der Waals surface area (Å²) in [6, 6.07) is 106. The Morgan fingerprint density at radius 3 is 0.992 bits per heavy atom. The molecule has 0 N–H and O–H groups in total. The van der Waals surface area contributed by atoms with E-state index in [-0.39, 0.29) is 55.6 Å². The van der Waals surface area contributed by atoms with Gasteiger partial charge in [0.2, 0.25) is 0 Å². The smallest absolute Gasteiger partial charge is 0.252 e. The maximum absolute atomic E-state index is 10.0. The van der Waals surface area contributed by atoms with Gasteiger partial charge in [-0.15, -0.1) is 0 Å². The molecule has 2 aromatic heterocycles. The lowest BCUT2D eigenvalue weighted by molar-refractivity contribution is 0.590. The summed E-state index contributed by atoms with van der Waals surface area (Å²) in [6.07, 6.45) is 0. The first kappa shape index (κ1) is 66.6. The highest BCUT2D eigenvalue weighted by Gasteiger charge is 2.53. The summed E-state index contributed by atoms with van der Waals surface area (Å²) < 4.78 is 81.1. The van der Waals surface area contributed by atoms with Crippen LogP contribution in [0.25, 0.3) is 122 Å². The lowest BCUT2D eigenvalue weighted by Crippen LogP contribution is -2.61. The van der Waals surface area contributed by atoms with Gasteiger partial charge in [0.15, 0.2) is 0 Å². The van der Waals surface area contributed by atoms with Crippen LogP contribution in [-0.2, 0) is 32.5 Å². The zero-order chi connectivity index (χ0) is 90.5. The molecule has 22 rings (SSSR count). The Hall–Kier alpha value is -13.2. The Labute approximate surface area is 730 Å². The van der Waals surface area contributed by atoms with Crippen LogP contribution < -0.4 is 26.2 Å². The molecule has 0 saturated heterocycles. The molecule has 0 fully saturated rings. The van der Waals surface area contributed by atoms with E-state index < -0.39 is 53.8 Å². The first-order valence-corrected chi connectivity index (χ1v) is 43.2. The minimum atomic E-state index is -0.628. The monoisotopic (exact) mass is 1580 g/mol. The molecule has 0 saturated carbocycles. The van der Waals surface area contributed by atoms with E-state index in [4.69, 9.17) is 0 Å². The molecule has 18 aromatic rings. The molecule has 0 atom stereocenters. The van der Waals surface area contributed by atoms with Gasteiger partial charge < -0.3 is 18.9 Å². The highest BCUT2D eigenvalue weighted by atomic mass is 15.2. The van der Waals surface area contributed by atoms with Crippen molar-refractivity contribution >= 4 is 101 Å². The topological polar surface area (TPSA) is 16.3 Å². The van der Waals surface area contributed by atoms with Crippen molar-refractivity contribution in [3.05, 3.63) is 390 Å². The molecular formula is C117H101BN4. The lowest BCUT2D eigenvalue weighted by Gasteiger charge is -2.46. The highest BCUT2D eigenvalue weighted by molar-refractivity contribution is 7.00. The molecule has 4 heterocycles. The summed E-state index contributed by atoms with van der Waals surface area (Å²) in [6.45, 7) is 33.6. The quantitative estimate of drug-likeness (QED) is 0.141. The van der Waals surface area contributed by atoms with Gasteiger partial charge >= 0.3 is 0 Å². The number of anilines is 6. The SMILES string of the molecule is [2H]c1c([2H])c([2H])c2c(c1[2H])c1c([2H])c([2H])c([2H])c([2H])c1n2-c1ccc2c(c1)N(c1c(-c3ccc(C(C)(C)C)cc3)cccc1-c1ccc(C(C)(C)C)cc1)c1cc(C(C)(C)C)cc3c1B2c1ccc(-n2c4ccccc4c4cc5c(cc42)C2(c4ccccc4-c4ccccc42)c2ccccc2-5)cc1N3c1c(-c2ccc(C(C)(C)C)cc2)cccc1-c1ccc(C(C)(C)C)cc1. The van der Waals surface area contributed by atoms with E-state index in [0.717, 1.165) is 128 Å². The van der Waals surface area contributed by atoms with Gasteiger partial charge in [0.05, 0.1) is 49.8 Å². The van der Waals surface area contributed by atoms with Crippen molar-refractivity contribution in [3.8, 4) is 78.1 Å². The molecule has 122 heavy (non-hydrogen) atoms. The molecule has 5 heteroatoms. The van der Waals surface area contributed by atoms with Crippen molar-refractivity contribution in [2.75, 3.05) is 9.80 Å². The van der Waals surface area contributed by atoms with Crippen LogP contribution in [0.15, 0.2) is 340 Å². The van der Waals surface area contributed by atoms with Gasteiger partial charge in [-0.25, -0.2) is 0 Å². The van der Waals surface area contributed by atoms with E-state index in [0.29, 0.717) is 5.69 Å². The first-order valence-electron chi connectivity index (χ1n) is 47.2. The molecule has 0 amide bonds. The van der Waals surface area contributed by atoms with Crippen LogP contribution in [0.1, 0.15) is 165 Å². The average Bonchev–Trinajstić information content (AvgIpc) is 1.51. The number of hydrogen-bond donors (Lipinski definition) is 0. The Balaban J connectivity index is 0.907. The summed E-state index contributed by atoms with van der Waals surface area (Å²) in [7, 11) is 0. The van der Waals surface area contributed by atoms with Crippen LogP contribution in [0.4, 0.5) is 34.1 Å². The number of rotatable bonds is 8. The first-order chi connectivity index (χ1) is 62.0. The average molecular weight is 1580 g/mol. The van der Waals surface area contributed by atoms with E-state index in [1.165, 1.54) is 66.8 Å². The number of fused-ring (bicyclic) bond motifs is 20. The third-order valence-corrected chi connectivity index (χ3v) is 27.0. The summed E-state index contributed by atoms with van der Waals surface area (Å²) in [4.78, 5) is 5.14. The summed E-state index contributed by atoms with van der Waals surface area (Å²) in [5.74, 6) is 0. The number of hydrogen-bond acceptors (Lipinski definition) is 2. The van der Waals surface area contributed by atoms with Crippen molar-refractivity contribution in [1.29, 1.82) is 0 Å². The van der Waals surface area contributed by atoms with E-state index in [9.17, 15) is 11.0 Å². The Bertz CT molecular complexity index is 7620. The predicted octanol–water partition coefficient (Wildman–Crippen LogP) is 29.5. The summed E-state index contributed by atoms with van der Waals surface area (Å²) >= 11 is 0. The maximum atomic E-state index is 10.0. The molecule has 0 bridgehead atoms. The second kappa shape index (κ2) is 26.9. The van der Waals surface area contributed by atoms with Crippen LogP contribution in [0.3, 0.4) is 0 Å². The molecule has 4 nitrogen and oxygen atoms in total. The standard InChI is InChI=1S/C117H101BN4/c1-112(2,3)76-54-46-72(47-55-76)83-36-28-37-84(73-48-56-77(57-49-73)113(4,5)6)110(83)121-105-68-81(119-101-43-25-19-33-90(101)91-34-20-26-44-102(91)119)62-64-99(105)118-100-65-63-82(120-103-45-27-21-35-92(103)94-70-93-89-32-18-24-42-97(89)117(98(93)71-104(94)120)95-40-22-16-30-87(95)88-31-17-23-41-96(88)117)69-106(100)122(108-67-80(116(13,14)15)66-107(121)109(108)118)111-85(74-50-58-78(59-51-74)114(7,8)9)38-29-39-86(111)75-52-60-79(61-53-75)115(10,11)12/h16-71H,1-15H3/i19D,20D,25D,26D,33D,34D,43D,44D. The van der Waals surface area contributed by atoms with E-state index >= 15 is 0 Å². The molecule has 4 aliphatic rings. The van der Waals surface area contributed by atoms with Gasteiger partial charge in [-0.1, -0.05) is 377 Å². The van der Waals surface area contributed by atoms with Crippen molar-refractivity contribution in [3.63, 3.8) is 0 Å². The molecule has 1 spiro atoms. The van der Waals surface area contributed by atoms with Gasteiger partial charge in [0, 0.05) is 77.9 Å².